The standard InChI is InChI=1S/C17H17FN2O3/c18-14-5-3-12(4-6-14)10-20-11-13(8-16(20)21)9-19-17(22)15-2-1-7-23-15/h1-7,13H,8-11H2,(H,19,22)/t13-/m1/s1. The van der Waals surface area contributed by atoms with Crippen molar-refractivity contribution in [2.45, 2.75) is 13.0 Å². The molecule has 1 aromatic carbocycles. The molecule has 6 heteroatoms. The van der Waals surface area contributed by atoms with Crippen molar-refractivity contribution in [1.82, 2.24) is 10.2 Å². The molecule has 0 spiro atoms. The number of hydrogen-bond acceptors (Lipinski definition) is 3. The molecule has 0 aliphatic carbocycles. The van der Waals surface area contributed by atoms with Gasteiger partial charge in [-0.2, -0.15) is 0 Å². The zero-order valence-electron chi connectivity index (χ0n) is 12.5. The van der Waals surface area contributed by atoms with E-state index >= 15 is 0 Å². The van der Waals surface area contributed by atoms with E-state index in [-0.39, 0.29) is 29.3 Å². The van der Waals surface area contributed by atoms with Crippen LogP contribution in [0.2, 0.25) is 0 Å². The zero-order valence-corrected chi connectivity index (χ0v) is 12.5. The van der Waals surface area contributed by atoms with E-state index in [1.165, 1.54) is 18.4 Å². The number of carbonyl (C=O) groups excluding carboxylic acids is 2. The summed E-state index contributed by atoms with van der Waals surface area (Å²) < 4.78 is 17.9. The number of likely N-dealkylation sites (tertiary alicyclic amines) is 1. The largest absolute Gasteiger partial charge is 0.459 e. The molecular formula is C17H17FN2O3. The molecule has 0 unspecified atom stereocenters. The Kier molecular flexibility index (Phi) is 4.41. The van der Waals surface area contributed by atoms with Gasteiger partial charge < -0.3 is 14.6 Å². The van der Waals surface area contributed by atoms with E-state index in [0.29, 0.717) is 26.1 Å². The summed E-state index contributed by atoms with van der Waals surface area (Å²) >= 11 is 0. The number of nitrogens with one attached hydrogen (secondary N) is 1. The lowest BCUT2D eigenvalue weighted by Gasteiger charge is -2.17. The van der Waals surface area contributed by atoms with E-state index in [1.54, 1.807) is 29.2 Å². The first kappa shape index (κ1) is 15.3. The van der Waals surface area contributed by atoms with Gasteiger partial charge in [-0.25, -0.2) is 4.39 Å². The highest BCUT2D eigenvalue weighted by atomic mass is 19.1. The van der Waals surface area contributed by atoms with E-state index in [4.69, 9.17) is 4.42 Å². The fourth-order valence-corrected chi connectivity index (χ4v) is 2.69. The molecule has 3 rings (SSSR count). The van der Waals surface area contributed by atoms with Crippen molar-refractivity contribution in [3.63, 3.8) is 0 Å². The Balaban J connectivity index is 1.51. The number of rotatable bonds is 5. The highest BCUT2D eigenvalue weighted by molar-refractivity contribution is 5.91. The Morgan fingerprint density at radius 1 is 1.30 bits per heavy atom. The molecule has 2 heterocycles. The first-order valence-electron chi connectivity index (χ1n) is 7.46. The summed E-state index contributed by atoms with van der Waals surface area (Å²) in [6.07, 6.45) is 1.85. The van der Waals surface area contributed by atoms with Crippen molar-refractivity contribution in [2.24, 2.45) is 5.92 Å². The van der Waals surface area contributed by atoms with E-state index in [1.807, 2.05) is 0 Å². The number of carbonyl (C=O) groups is 2. The zero-order chi connectivity index (χ0) is 16.2. The van der Waals surface area contributed by atoms with Crippen LogP contribution in [-0.4, -0.2) is 29.8 Å². The number of halogens is 1. The number of hydrogen-bond donors (Lipinski definition) is 1. The van der Waals surface area contributed by atoms with Gasteiger partial charge in [0, 0.05) is 32.0 Å². The molecule has 0 radical (unpaired) electrons. The van der Waals surface area contributed by atoms with Gasteiger partial charge in [-0.1, -0.05) is 12.1 Å². The molecule has 2 aromatic rings. The molecule has 1 fully saturated rings. The Labute approximate surface area is 133 Å². The predicted molar refractivity (Wildman–Crippen MR) is 81.0 cm³/mol. The summed E-state index contributed by atoms with van der Waals surface area (Å²) in [6.45, 7) is 1.46. The normalized spacial score (nSPS) is 17.5. The van der Waals surface area contributed by atoms with Gasteiger partial charge in [-0.15, -0.1) is 0 Å². The number of amides is 2. The first-order chi connectivity index (χ1) is 11.1. The van der Waals surface area contributed by atoms with Gasteiger partial charge in [0.15, 0.2) is 5.76 Å². The minimum Gasteiger partial charge on any atom is -0.459 e. The molecular weight excluding hydrogens is 299 g/mol. The lowest BCUT2D eigenvalue weighted by molar-refractivity contribution is -0.128. The van der Waals surface area contributed by atoms with Crippen LogP contribution in [0.1, 0.15) is 22.5 Å². The summed E-state index contributed by atoms with van der Waals surface area (Å²) in [5.74, 6) is -0.189. The van der Waals surface area contributed by atoms with Crippen molar-refractivity contribution in [3.8, 4) is 0 Å². The van der Waals surface area contributed by atoms with Crippen molar-refractivity contribution >= 4 is 11.8 Å². The molecule has 0 saturated carbocycles. The average molecular weight is 316 g/mol. The average Bonchev–Trinajstić information content (AvgIpc) is 3.18. The second-order valence-electron chi connectivity index (χ2n) is 5.66. The monoisotopic (exact) mass is 316 g/mol. The Hall–Kier alpha value is -2.63. The van der Waals surface area contributed by atoms with Gasteiger partial charge in [0.25, 0.3) is 5.91 Å². The lowest BCUT2D eigenvalue weighted by Crippen LogP contribution is -2.31. The summed E-state index contributed by atoms with van der Waals surface area (Å²) in [4.78, 5) is 25.6. The molecule has 1 N–H and O–H groups in total. The van der Waals surface area contributed by atoms with Crippen LogP contribution in [0.4, 0.5) is 4.39 Å². The van der Waals surface area contributed by atoms with Crippen molar-refractivity contribution in [1.29, 1.82) is 0 Å². The van der Waals surface area contributed by atoms with E-state index in [2.05, 4.69) is 5.32 Å². The van der Waals surface area contributed by atoms with Crippen LogP contribution in [0, 0.1) is 11.7 Å². The SMILES string of the molecule is O=C(NC[C@H]1CC(=O)N(Cc2ccc(F)cc2)C1)c1ccco1. The van der Waals surface area contributed by atoms with E-state index in [9.17, 15) is 14.0 Å². The second kappa shape index (κ2) is 6.64. The highest BCUT2D eigenvalue weighted by Gasteiger charge is 2.29. The maximum Gasteiger partial charge on any atom is 0.286 e. The summed E-state index contributed by atoms with van der Waals surface area (Å²) in [6, 6.07) is 9.37. The van der Waals surface area contributed by atoms with Gasteiger partial charge in [-0.3, -0.25) is 9.59 Å². The first-order valence-corrected chi connectivity index (χ1v) is 7.46. The van der Waals surface area contributed by atoms with E-state index < -0.39 is 0 Å². The number of nitrogens with zero attached hydrogens (tertiary/aromatic N) is 1. The molecule has 1 aliphatic heterocycles. The topological polar surface area (TPSA) is 62.6 Å². The van der Waals surface area contributed by atoms with Crippen molar-refractivity contribution < 1.29 is 18.4 Å². The lowest BCUT2D eigenvalue weighted by atomic mass is 10.1. The quantitative estimate of drug-likeness (QED) is 0.920. The van der Waals surface area contributed by atoms with Gasteiger partial charge in [0.2, 0.25) is 5.91 Å². The predicted octanol–water partition coefficient (Wildman–Crippen LogP) is 2.20. The van der Waals surface area contributed by atoms with Crippen LogP contribution in [0.15, 0.2) is 47.1 Å². The molecule has 1 aromatic heterocycles. The summed E-state index contributed by atoms with van der Waals surface area (Å²) in [5, 5.41) is 2.78. The maximum atomic E-state index is 12.9. The van der Waals surface area contributed by atoms with E-state index in [0.717, 1.165) is 5.56 Å². The molecule has 2 amide bonds. The third kappa shape index (κ3) is 3.77. The highest BCUT2D eigenvalue weighted by Crippen LogP contribution is 2.20. The molecule has 5 nitrogen and oxygen atoms in total. The van der Waals surface area contributed by atoms with Crippen LogP contribution in [0.25, 0.3) is 0 Å². The third-order valence-corrected chi connectivity index (χ3v) is 3.88. The number of benzene rings is 1. The van der Waals surface area contributed by atoms with Crippen LogP contribution < -0.4 is 5.32 Å². The Morgan fingerprint density at radius 2 is 2.09 bits per heavy atom. The molecule has 1 atom stereocenters. The summed E-state index contributed by atoms with van der Waals surface area (Å²) in [5.41, 5.74) is 0.889. The molecule has 1 saturated heterocycles. The van der Waals surface area contributed by atoms with Crippen LogP contribution in [0.5, 0.6) is 0 Å². The smallest absolute Gasteiger partial charge is 0.286 e. The van der Waals surface area contributed by atoms with Crippen LogP contribution in [-0.2, 0) is 11.3 Å². The van der Waals surface area contributed by atoms with Crippen LogP contribution >= 0.6 is 0 Å². The van der Waals surface area contributed by atoms with Crippen LogP contribution in [0.3, 0.4) is 0 Å². The molecule has 0 bridgehead atoms. The fourth-order valence-electron chi connectivity index (χ4n) is 2.69. The minimum absolute atomic E-state index is 0.0478. The van der Waals surface area contributed by atoms with Gasteiger partial charge in [0.05, 0.1) is 6.26 Å². The maximum absolute atomic E-state index is 12.9. The molecule has 23 heavy (non-hydrogen) atoms. The van der Waals surface area contributed by atoms with Gasteiger partial charge >= 0.3 is 0 Å². The Morgan fingerprint density at radius 3 is 2.78 bits per heavy atom. The fraction of sp³-hybridized carbons (Fsp3) is 0.294. The molecule has 120 valence electrons. The van der Waals surface area contributed by atoms with Crippen molar-refractivity contribution in [2.75, 3.05) is 13.1 Å². The molecule has 1 aliphatic rings. The van der Waals surface area contributed by atoms with Gasteiger partial charge in [-0.05, 0) is 29.8 Å². The number of furan rings is 1. The third-order valence-electron chi connectivity index (χ3n) is 3.88. The summed E-state index contributed by atoms with van der Waals surface area (Å²) in [7, 11) is 0. The minimum atomic E-state index is -0.292. The van der Waals surface area contributed by atoms with Gasteiger partial charge in [0.1, 0.15) is 5.82 Å². The second-order valence-corrected chi connectivity index (χ2v) is 5.66. The van der Waals surface area contributed by atoms with Crippen molar-refractivity contribution in [3.05, 3.63) is 59.8 Å². The Bertz CT molecular complexity index is 682.